The van der Waals surface area contributed by atoms with Crippen molar-refractivity contribution in [3.8, 4) is 11.5 Å². The molecule has 148 valence electrons. The van der Waals surface area contributed by atoms with Crippen LogP contribution < -0.4 is 14.4 Å². The number of aliphatic carboxylic acids is 1. The number of ether oxygens (including phenoxy) is 2. The Labute approximate surface area is 174 Å². The van der Waals surface area contributed by atoms with Gasteiger partial charge in [-0.1, -0.05) is 29.9 Å². The summed E-state index contributed by atoms with van der Waals surface area (Å²) in [6, 6.07) is 13.1. The molecule has 0 radical (unpaired) electrons. The molecule has 0 aromatic heterocycles. The lowest BCUT2D eigenvalue weighted by atomic mass is 10.1. The summed E-state index contributed by atoms with van der Waals surface area (Å²) in [6.45, 7) is 2.86. The molecule has 1 heterocycles. The molecule has 3 rings (SSSR count). The molecule has 8 heteroatoms. The van der Waals surface area contributed by atoms with Gasteiger partial charge in [0.2, 0.25) is 0 Å². The van der Waals surface area contributed by atoms with Gasteiger partial charge in [-0.05, 0) is 36.4 Å². The van der Waals surface area contributed by atoms with Gasteiger partial charge in [-0.25, -0.2) is 4.79 Å². The predicted molar refractivity (Wildman–Crippen MR) is 113 cm³/mol. The van der Waals surface area contributed by atoms with E-state index < -0.39 is 12.6 Å². The van der Waals surface area contributed by atoms with Gasteiger partial charge in [0.25, 0.3) is 0 Å². The maximum Gasteiger partial charge on any atom is 0.341 e. The second-order valence-corrected chi connectivity index (χ2v) is 7.13. The van der Waals surface area contributed by atoms with E-state index in [1.54, 1.807) is 12.1 Å². The fraction of sp³-hybridized carbons (Fsp3) is 0.300. The molecule has 1 aliphatic heterocycles. The first-order valence-electron chi connectivity index (χ1n) is 8.80. The molecule has 0 atom stereocenters. The SMILES string of the molecule is COc1cc(C(=S)N2CCN(c3cccc(Cl)c3)CC2)ccc1OCC(=O)O. The molecule has 1 aliphatic rings. The number of carboxylic acid groups (broad SMARTS) is 1. The molecule has 28 heavy (non-hydrogen) atoms. The van der Waals surface area contributed by atoms with E-state index in [2.05, 4.69) is 15.9 Å². The Morgan fingerprint density at radius 2 is 1.89 bits per heavy atom. The van der Waals surface area contributed by atoms with Crippen LogP contribution in [0.1, 0.15) is 5.56 Å². The van der Waals surface area contributed by atoms with Crippen molar-refractivity contribution in [2.75, 3.05) is 44.8 Å². The van der Waals surface area contributed by atoms with Crippen LogP contribution in [0.5, 0.6) is 11.5 Å². The highest BCUT2D eigenvalue weighted by Crippen LogP contribution is 2.29. The number of methoxy groups -OCH3 is 1. The van der Waals surface area contributed by atoms with Crippen molar-refractivity contribution in [2.45, 2.75) is 0 Å². The van der Waals surface area contributed by atoms with Gasteiger partial charge >= 0.3 is 5.97 Å². The molecule has 2 aromatic carbocycles. The van der Waals surface area contributed by atoms with Crippen molar-refractivity contribution in [3.05, 3.63) is 53.1 Å². The molecular formula is C20H21ClN2O4S. The fourth-order valence-corrected chi connectivity index (χ4v) is 3.58. The monoisotopic (exact) mass is 420 g/mol. The van der Waals surface area contributed by atoms with Crippen LogP contribution in [0.2, 0.25) is 5.02 Å². The highest BCUT2D eigenvalue weighted by molar-refractivity contribution is 7.80. The van der Waals surface area contributed by atoms with Gasteiger partial charge in [-0.3, -0.25) is 0 Å². The predicted octanol–water partition coefficient (Wildman–Crippen LogP) is 3.31. The zero-order valence-electron chi connectivity index (χ0n) is 15.4. The molecular weight excluding hydrogens is 400 g/mol. The lowest BCUT2D eigenvalue weighted by molar-refractivity contribution is -0.139. The average molecular weight is 421 g/mol. The lowest BCUT2D eigenvalue weighted by Crippen LogP contribution is -2.48. The minimum Gasteiger partial charge on any atom is -0.493 e. The van der Waals surface area contributed by atoms with Gasteiger partial charge in [-0.15, -0.1) is 0 Å². The Hall–Kier alpha value is -2.51. The number of anilines is 1. The molecule has 0 aliphatic carbocycles. The molecule has 1 N–H and O–H groups in total. The second kappa shape index (κ2) is 9.12. The van der Waals surface area contributed by atoms with Gasteiger partial charge in [0.1, 0.15) is 4.99 Å². The summed E-state index contributed by atoms with van der Waals surface area (Å²) in [7, 11) is 1.51. The number of carbonyl (C=O) groups is 1. The number of benzene rings is 2. The summed E-state index contributed by atoms with van der Waals surface area (Å²) < 4.78 is 10.6. The van der Waals surface area contributed by atoms with E-state index in [1.807, 2.05) is 24.3 Å². The fourth-order valence-electron chi connectivity index (χ4n) is 3.08. The first kappa shape index (κ1) is 20.2. The maximum absolute atomic E-state index is 10.7. The lowest BCUT2D eigenvalue weighted by Gasteiger charge is -2.37. The molecule has 6 nitrogen and oxygen atoms in total. The van der Waals surface area contributed by atoms with E-state index in [1.165, 1.54) is 7.11 Å². The summed E-state index contributed by atoms with van der Waals surface area (Å²) in [5.74, 6) is -0.208. The van der Waals surface area contributed by atoms with Crippen molar-refractivity contribution in [3.63, 3.8) is 0 Å². The number of carboxylic acids is 1. The Balaban J connectivity index is 1.65. The van der Waals surface area contributed by atoms with Crippen molar-refractivity contribution in [1.29, 1.82) is 0 Å². The van der Waals surface area contributed by atoms with Crippen LogP contribution >= 0.6 is 23.8 Å². The summed E-state index contributed by atoms with van der Waals surface area (Å²) in [4.78, 5) is 15.9. The second-order valence-electron chi connectivity index (χ2n) is 6.31. The minimum atomic E-state index is -1.04. The first-order valence-corrected chi connectivity index (χ1v) is 9.59. The molecule has 0 amide bonds. The zero-order chi connectivity index (χ0) is 20.1. The Morgan fingerprint density at radius 1 is 1.14 bits per heavy atom. The third-order valence-corrected chi connectivity index (χ3v) is 5.23. The van der Waals surface area contributed by atoms with Crippen LogP contribution in [0, 0.1) is 0 Å². The van der Waals surface area contributed by atoms with E-state index in [-0.39, 0.29) is 0 Å². The molecule has 2 aromatic rings. The molecule has 1 saturated heterocycles. The summed E-state index contributed by atoms with van der Waals surface area (Å²) in [5.41, 5.74) is 1.95. The highest BCUT2D eigenvalue weighted by Gasteiger charge is 2.21. The van der Waals surface area contributed by atoms with E-state index in [0.29, 0.717) is 11.5 Å². The van der Waals surface area contributed by atoms with E-state index in [0.717, 1.165) is 47.4 Å². The Kier molecular flexibility index (Phi) is 6.59. The van der Waals surface area contributed by atoms with Crippen molar-refractivity contribution in [2.24, 2.45) is 0 Å². The van der Waals surface area contributed by atoms with E-state index in [4.69, 9.17) is 38.4 Å². The number of nitrogens with zero attached hydrogens (tertiary/aromatic N) is 2. The Morgan fingerprint density at radius 3 is 2.54 bits per heavy atom. The van der Waals surface area contributed by atoms with E-state index in [9.17, 15) is 4.79 Å². The zero-order valence-corrected chi connectivity index (χ0v) is 17.0. The minimum absolute atomic E-state index is 0.377. The maximum atomic E-state index is 10.7. The van der Waals surface area contributed by atoms with Crippen LogP contribution in [0.25, 0.3) is 0 Å². The normalized spacial score (nSPS) is 13.9. The molecule has 1 fully saturated rings. The highest BCUT2D eigenvalue weighted by atomic mass is 35.5. The smallest absolute Gasteiger partial charge is 0.341 e. The number of hydrogen-bond acceptors (Lipinski definition) is 5. The molecule has 0 unspecified atom stereocenters. The average Bonchev–Trinajstić information content (AvgIpc) is 2.71. The molecule has 0 bridgehead atoms. The van der Waals surface area contributed by atoms with Crippen molar-refractivity contribution in [1.82, 2.24) is 4.90 Å². The van der Waals surface area contributed by atoms with Crippen LogP contribution in [-0.4, -0.2) is 60.9 Å². The van der Waals surface area contributed by atoms with Crippen molar-refractivity contribution < 1.29 is 19.4 Å². The van der Waals surface area contributed by atoms with Crippen LogP contribution in [0.3, 0.4) is 0 Å². The van der Waals surface area contributed by atoms with Crippen molar-refractivity contribution >= 4 is 40.5 Å². The summed E-state index contributed by atoms with van der Waals surface area (Å²) >= 11 is 11.8. The van der Waals surface area contributed by atoms with Gasteiger partial charge in [0, 0.05) is 42.5 Å². The number of piperazine rings is 1. The third kappa shape index (κ3) is 4.85. The third-order valence-electron chi connectivity index (χ3n) is 4.50. The van der Waals surface area contributed by atoms with Crippen LogP contribution in [0.4, 0.5) is 5.69 Å². The summed E-state index contributed by atoms with van der Waals surface area (Å²) in [6.07, 6.45) is 0. The quantitative estimate of drug-likeness (QED) is 0.719. The van der Waals surface area contributed by atoms with Gasteiger partial charge in [-0.2, -0.15) is 0 Å². The number of thiocarbonyl (C=S) groups is 1. The largest absolute Gasteiger partial charge is 0.493 e. The van der Waals surface area contributed by atoms with Crippen LogP contribution in [-0.2, 0) is 4.79 Å². The topological polar surface area (TPSA) is 62.2 Å². The Bertz CT molecular complexity index is 869. The summed E-state index contributed by atoms with van der Waals surface area (Å²) in [5, 5.41) is 9.50. The van der Waals surface area contributed by atoms with Gasteiger partial charge in [0.05, 0.1) is 7.11 Å². The molecule has 0 saturated carbocycles. The van der Waals surface area contributed by atoms with Gasteiger partial charge in [0.15, 0.2) is 18.1 Å². The van der Waals surface area contributed by atoms with E-state index >= 15 is 0 Å². The number of hydrogen-bond donors (Lipinski definition) is 1. The van der Waals surface area contributed by atoms with Crippen LogP contribution in [0.15, 0.2) is 42.5 Å². The first-order chi connectivity index (χ1) is 13.5. The molecule has 0 spiro atoms. The number of rotatable bonds is 6. The number of halogens is 1. The van der Waals surface area contributed by atoms with Gasteiger partial charge < -0.3 is 24.4 Å². The standard InChI is InChI=1S/C20H21ClN2O4S/c1-26-18-11-14(5-6-17(18)27-13-19(24)25)20(28)23-9-7-22(8-10-23)16-4-2-3-15(21)12-16/h2-6,11-12H,7-10,13H2,1H3,(H,24,25).